The summed E-state index contributed by atoms with van der Waals surface area (Å²) in [4.78, 5) is 0. The first-order valence-electron chi connectivity index (χ1n) is 5.71. The van der Waals surface area contributed by atoms with E-state index in [4.69, 9.17) is 0 Å². The first kappa shape index (κ1) is 14.9. The molecule has 0 saturated carbocycles. The van der Waals surface area contributed by atoms with Crippen LogP contribution in [0.3, 0.4) is 0 Å². The van der Waals surface area contributed by atoms with Crippen molar-refractivity contribution in [2.24, 2.45) is 0 Å². The van der Waals surface area contributed by atoms with E-state index in [1.54, 1.807) is 6.92 Å². The third kappa shape index (κ3) is 5.52. The van der Waals surface area contributed by atoms with Crippen LogP contribution in [0.4, 0.5) is 0 Å². The lowest BCUT2D eigenvalue weighted by Crippen LogP contribution is -2.44. The largest absolute Gasteiger partial charge is 0.311 e. The van der Waals surface area contributed by atoms with E-state index >= 15 is 0 Å². The fourth-order valence-corrected chi connectivity index (χ4v) is 2.47. The van der Waals surface area contributed by atoms with E-state index in [-0.39, 0.29) is 10.8 Å². The Labute approximate surface area is 94.6 Å². The molecule has 0 amide bonds. The third-order valence-corrected chi connectivity index (χ3v) is 5.22. The zero-order chi connectivity index (χ0) is 12.1. The van der Waals surface area contributed by atoms with Crippen LogP contribution >= 0.6 is 0 Å². The van der Waals surface area contributed by atoms with E-state index in [0.717, 1.165) is 6.42 Å². The van der Waals surface area contributed by atoms with Gasteiger partial charge in [-0.15, -0.1) is 0 Å². The maximum absolute atomic E-state index is 11.7. The van der Waals surface area contributed by atoms with Gasteiger partial charge in [-0.1, -0.05) is 13.8 Å². The minimum Gasteiger partial charge on any atom is -0.311 e. The second kappa shape index (κ2) is 5.85. The predicted octanol–water partition coefficient (Wildman–Crippen LogP) is 1.98. The van der Waals surface area contributed by atoms with Crippen molar-refractivity contribution in [3.63, 3.8) is 0 Å². The molecule has 4 heteroatoms. The zero-order valence-corrected chi connectivity index (χ0v) is 11.4. The number of sulfone groups is 1. The number of hydrogen-bond donors (Lipinski definition) is 1. The van der Waals surface area contributed by atoms with E-state index in [1.165, 1.54) is 0 Å². The topological polar surface area (TPSA) is 46.2 Å². The highest BCUT2D eigenvalue weighted by atomic mass is 32.2. The summed E-state index contributed by atoms with van der Waals surface area (Å²) in [7, 11) is -2.90. The van der Waals surface area contributed by atoms with Gasteiger partial charge in [-0.3, -0.25) is 0 Å². The Morgan fingerprint density at radius 1 is 1.27 bits per heavy atom. The molecule has 0 spiro atoms. The molecule has 0 aliphatic carbocycles. The average Bonchev–Trinajstić information content (AvgIpc) is 2.14. The molecule has 0 aliphatic rings. The van der Waals surface area contributed by atoms with Gasteiger partial charge in [0.15, 0.2) is 9.84 Å². The second-order valence-corrected chi connectivity index (χ2v) is 7.33. The van der Waals surface area contributed by atoms with Crippen LogP contribution in [-0.2, 0) is 9.84 Å². The maximum atomic E-state index is 11.7. The van der Waals surface area contributed by atoms with Gasteiger partial charge < -0.3 is 5.32 Å². The minimum absolute atomic E-state index is 0.0238. The van der Waals surface area contributed by atoms with Crippen molar-refractivity contribution in [1.82, 2.24) is 5.32 Å². The number of hydrogen-bond acceptors (Lipinski definition) is 3. The maximum Gasteiger partial charge on any atom is 0.154 e. The molecule has 0 bridgehead atoms. The Morgan fingerprint density at radius 3 is 2.20 bits per heavy atom. The molecule has 15 heavy (non-hydrogen) atoms. The van der Waals surface area contributed by atoms with E-state index < -0.39 is 9.84 Å². The third-order valence-electron chi connectivity index (χ3n) is 2.85. The molecule has 0 rings (SSSR count). The van der Waals surface area contributed by atoms with Crippen LogP contribution in [0.15, 0.2) is 0 Å². The fraction of sp³-hybridized carbons (Fsp3) is 1.00. The molecule has 0 heterocycles. The van der Waals surface area contributed by atoms with E-state index in [1.807, 2.05) is 6.92 Å². The van der Waals surface area contributed by atoms with E-state index in [9.17, 15) is 8.42 Å². The molecule has 0 radical (unpaired) electrons. The Morgan fingerprint density at radius 2 is 1.80 bits per heavy atom. The van der Waals surface area contributed by atoms with E-state index in [0.29, 0.717) is 18.7 Å². The van der Waals surface area contributed by atoms with Gasteiger partial charge in [-0.2, -0.15) is 0 Å². The molecule has 0 saturated heterocycles. The summed E-state index contributed by atoms with van der Waals surface area (Å²) < 4.78 is 23.4. The van der Waals surface area contributed by atoms with Crippen molar-refractivity contribution in [1.29, 1.82) is 0 Å². The zero-order valence-electron chi connectivity index (χ0n) is 10.6. The minimum atomic E-state index is -2.90. The van der Waals surface area contributed by atoms with E-state index in [2.05, 4.69) is 26.1 Å². The summed E-state index contributed by atoms with van der Waals surface area (Å²) in [5.41, 5.74) is 0.0238. The monoisotopic (exact) mass is 235 g/mol. The van der Waals surface area contributed by atoms with Gasteiger partial charge in [0, 0.05) is 12.1 Å². The molecule has 0 aliphatic heterocycles. The van der Waals surface area contributed by atoms with Gasteiger partial charge in [0.05, 0.1) is 11.0 Å². The van der Waals surface area contributed by atoms with Crippen LogP contribution in [0.1, 0.15) is 47.5 Å². The van der Waals surface area contributed by atoms with Crippen LogP contribution in [0.25, 0.3) is 0 Å². The number of rotatable bonds is 7. The van der Waals surface area contributed by atoms with Crippen molar-refractivity contribution in [3.05, 3.63) is 0 Å². The molecule has 3 nitrogen and oxygen atoms in total. The molecule has 92 valence electrons. The van der Waals surface area contributed by atoms with Gasteiger partial charge in [0.2, 0.25) is 0 Å². The highest BCUT2D eigenvalue weighted by molar-refractivity contribution is 7.92. The van der Waals surface area contributed by atoms with Crippen LogP contribution in [0.5, 0.6) is 0 Å². The van der Waals surface area contributed by atoms with Gasteiger partial charge >= 0.3 is 0 Å². The molecule has 1 atom stereocenters. The van der Waals surface area contributed by atoms with Gasteiger partial charge in [-0.05, 0) is 33.6 Å². The summed E-state index contributed by atoms with van der Waals surface area (Å²) in [5.74, 6) is 0.294. The highest BCUT2D eigenvalue weighted by Crippen LogP contribution is 2.09. The quantitative estimate of drug-likeness (QED) is 0.734. The van der Waals surface area contributed by atoms with Crippen molar-refractivity contribution in [3.8, 4) is 0 Å². The molecule has 0 aromatic heterocycles. The van der Waals surface area contributed by atoms with Crippen molar-refractivity contribution in [2.75, 3.05) is 12.3 Å². The Hall–Kier alpha value is -0.0900. The summed E-state index contributed by atoms with van der Waals surface area (Å²) in [5, 5.41) is 3.01. The molecular formula is C11H25NO2S. The molecule has 1 N–H and O–H groups in total. The van der Waals surface area contributed by atoms with Crippen LogP contribution < -0.4 is 5.32 Å². The highest BCUT2D eigenvalue weighted by Gasteiger charge is 2.22. The van der Waals surface area contributed by atoms with Crippen LogP contribution in [0.2, 0.25) is 0 Å². The molecule has 1 unspecified atom stereocenters. The molecule has 0 aromatic carbocycles. The lowest BCUT2D eigenvalue weighted by Gasteiger charge is -2.26. The lowest BCUT2D eigenvalue weighted by atomic mass is 10.0. The van der Waals surface area contributed by atoms with Crippen molar-refractivity contribution >= 4 is 9.84 Å². The predicted molar refractivity (Wildman–Crippen MR) is 65.9 cm³/mol. The SMILES string of the molecule is CCCS(=O)(=O)C(C)CNC(C)(C)CC. The fourth-order valence-electron chi connectivity index (χ4n) is 1.16. The van der Waals surface area contributed by atoms with Gasteiger partial charge in [0.1, 0.15) is 0 Å². The second-order valence-electron chi connectivity index (χ2n) is 4.80. The summed E-state index contributed by atoms with van der Waals surface area (Å²) in [6.07, 6.45) is 1.69. The van der Waals surface area contributed by atoms with Gasteiger partial charge in [-0.25, -0.2) is 8.42 Å². The van der Waals surface area contributed by atoms with Crippen LogP contribution in [0, 0.1) is 0 Å². The molecule has 0 fully saturated rings. The average molecular weight is 235 g/mol. The summed E-state index contributed by atoms with van der Waals surface area (Å²) in [6, 6.07) is 0. The molecular weight excluding hydrogens is 210 g/mol. The Kier molecular flexibility index (Phi) is 5.81. The van der Waals surface area contributed by atoms with Gasteiger partial charge in [0.25, 0.3) is 0 Å². The normalized spacial score (nSPS) is 15.3. The number of nitrogens with one attached hydrogen (secondary N) is 1. The lowest BCUT2D eigenvalue weighted by molar-refractivity contribution is 0.377. The molecule has 0 aromatic rings. The van der Waals surface area contributed by atoms with Crippen LogP contribution in [-0.4, -0.2) is 31.5 Å². The van der Waals surface area contributed by atoms with Crippen molar-refractivity contribution < 1.29 is 8.42 Å². The standard InChI is InChI=1S/C11H25NO2S/c1-6-8-15(13,14)10(3)9-12-11(4,5)7-2/h10,12H,6-9H2,1-5H3. The Balaban J connectivity index is 4.21. The first-order valence-corrected chi connectivity index (χ1v) is 7.43. The first-order chi connectivity index (χ1) is 6.75. The smallest absolute Gasteiger partial charge is 0.154 e. The summed E-state index contributed by atoms with van der Waals surface area (Å²) >= 11 is 0. The summed E-state index contributed by atoms with van der Waals surface area (Å²) in [6.45, 7) is 10.5. The van der Waals surface area contributed by atoms with Crippen molar-refractivity contribution in [2.45, 2.75) is 58.2 Å². The Bertz CT molecular complexity index is 270.